The van der Waals surface area contributed by atoms with E-state index in [0.29, 0.717) is 4.90 Å². The fourth-order valence-corrected chi connectivity index (χ4v) is 2.53. The molecule has 0 amide bonds. The molecule has 1 atom stereocenters. The van der Waals surface area contributed by atoms with Crippen molar-refractivity contribution in [2.45, 2.75) is 11.8 Å². The number of nitrogens with zero attached hydrogens (tertiary/aromatic N) is 1. The molecule has 3 nitrogen and oxygen atoms in total. The molecule has 1 N–H and O–H groups in total. The van der Waals surface area contributed by atoms with Gasteiger partial charge < -0.3 is 0 Å². The molecular weight excluding hydrogens is 210 g/mol. The SMILES string of the molecule is Cc1ccc(S(=O)(=[OH+])n2cccc2)cc1. The highest BCUT2D eigenvalue weighted by Crippen LogP contribution is 2.14. The Bertz CT molecular complexity index is 539. The lowest BCUT2D eigenvalue weighted by atomic mass is 10.2. The summed E-state index contributed by atoms with van der Waals surface area (Å²) < 4.78 is 23.3. The Balaban J connectivity index is 2.52. The van der Waals surface area contributed by atoms with Gasteiger partial charge >= 0.3 is 10.0 Å². The lowest BCUT2D eigenvalue weighted by Crippen LogP contribution is -2.10. The Hall–Kier alpha value is -1.55. The van der Waals surface area contributed by atoms with Crippen molar-refractivity contribution in [2.24, 2.45) is 0 Å². The van der Waals surface area contributed by atoms with E-state index in [1.807, 2.05) is 19.1 Å². The van der Waals surface area contributed by atoms with Gasteiger partial charge in [0.1, 0.15) is 4.90 Å². The van der Waals surface area contributed by atoms with Crippen LogP contribution in [0.25, 0.3) is 0 Å². The fraction of sp³-hybridized carbons (Fsp3) is 0.0909. The van der Waals surface area contributed by atoms with Crippen LogP contribution >= 0.6 is 0 Å². The van der Waals surface area contributed by atoms with Crippen molar-refractivity contribution in [1.29, 1.82) is 0 Å². The first-order chi connectivity index (χ1) is 7.10. The molecule has 2 aromatic rings. The molecular formula is C11H12NO2S+. The molecule has 0 aliphatic rings. The molecule has 1 unspecified atom stereocenters. The molecule has 4 heteroatoms. The zero-order chi connectivity index (χ0) is 10.9. The second-order valence-corrected chi connectivity index (χ2v) is 5.24. The van der Waals surface area contributed by atoms with E-state index >= 15 is 0 Å². The minimum atomic E-state index is -3.15. The quantitative estimate of drug-likeness (QED) is 0.718. The van der Waals surface area contributed by atoms with Crippen LogP contribution in [0.2, 0.25) is 0 Å². The van der Waals surface area contributed by atoms with Gasteiger partial charge in [-0.2, -0.15) is 4.21 Å². The maximum atomic E-state index is 12.1. The van der Waals surface area contributed by atoms with Gasteiger partial charge in [0.05, 0.1) is 0 Å². The molecule has 0 aliphatic heterocycles. The summed E-state index contributed by atoms with van der Waals surface area (Å²) in [5.41, 5.74) is 1.07. The van der Waals surface area contributed by atoms with Gasteiger partial charge in [-0.1, -0.05) is 17.7 Å². The van der Waals surface area contributed by atoms with Crippen molar-refractivity contribution in [3.8, 4) is 0 Å². The Morgan fingerprint density at radius 3 is 2.20 bits per heavy atom. The molecule has 0 spiro atoms. The number of rotatable bonds is 2. The third-order valence-corrected chi connectivity index (χ3v) is 3.89. The molecule has 2 rings (SSSR count). The highest BCUT2D eigenvalue weighted by Gasteiger charge is 2.20. The first kappa shape index (κ1) is 9.98. The molecule has 78 valence electrons. The highest BCUT2D eigenvalue weighted by atomic mass is 32.2. The molecule has 15 heavy (non-hydrogen) atoms. The van der Waals surface area contributed by atoms with Gasteiger partial charge in [-0.05, 0) is 31.2 Å². The number of aromatic nitrogens is 1. The van der Waals surface area contributed by atoms with Gasteiger partial charge in [-0.15, -0.1) is 0 Å². The standard InChI is InChI=1S/C11H11NO2S/c1-10-4-6-11(7-5-10)15(13,14)12-8-2-3-9-12/h2-9H,1H3/p+1. The average Bonchev–Trinajstić information content (AvgIpc) is 2.71. The van der Waals surface area contributed by atoms with E-state index in [1.165, 1.54) is 3.97 Å². The van der Waals surface area contributed by atoms with Crippen molar-refractivity contribution in [2.75, 3.05) is 0 Å². The molecule has 0 saturated heterocycles. The van der Waals surface area contributed by atoms with E-state index in [2.05, 4.69) is 0 Å². The topological polar surface area (TPSA) is 43.4 Å². The van der Waals surface area contributed by atoms with Crippen LogP contribution in [0.15, 0.2) is 53.7 Å². The zero-order valence-corrected chi connectivity index (χ0v) is 9.15. The van der Waals surface area contributed by atoms with Gasteiger partial charge in [0.25, 0.3) is 0 Å². The van der Waals surface area contributed by atoms with Crippen LogP contribution in [-0.4, -0.2) is 12.4 Å². The van der Waals surface area contributed by atoms with Crippen molar-refractivity contribution in [1.82, 2.24) is 3.97 Å². The second kappa shape index (κ2) is 3.55. The van der Waals surface area contributed by atoms with Gasteiger partial charge in [0, 0.05) is 12.4 Å². The first-order valence-electron chi connectivity index (χ1n) is 4.57. The van der Waals surface area contributed by atoms with Gasteiger partial charge in [0.15, 0.2) is 0 Å². The summed E-state index contributed by atoms with van der Waals surface area (Å²) in [4.78, 5) is 0.421. The molecule has 0 radical (unpaired) electrons. The normalized spacial score (nSPS) is 14.7. The molecule has 1 heterocycles. The van der Waals surface area contributed by atoms with E-state index in [9.17, 15) is 8.42 Å². The van der Waals surface area contributed by atoms with Crippen molar-refractivity contribution < 1.29 is 8.42 Å². The third-order valence-electron chi connectivity index (χ3n) is 2.19. The summed E-state index contributed by atoms with van der Waals surface area (Å²) in [6, 6.07) is 10.5. The van der Waals surface area contributed by atoms with Crippen molar-refractivity contribution >= 4 is 10.0 Å². The van der Waals surface area contributed by atoms with Crippen molar-refractivity contribution in [3.63, 3.8) is 0 Å². The minimum Gasteiger partial charge on any atom is -0.209 e. The minimum absolute atomic E-state index is 0.421. The van der Waals surface area contributed by atoms with Crippen LogP contribution in [0, 0.1) is 6.92 Å². The van der Waals surface area contributed by atoms with E-state index < -0.39 is 10.0 Å². The van der Waals surface area contributed by atoms with Crippen LogP contribution in [0.1, 0.15) is 5.56 Å². The van der Waals surface area contributed by atoms with Crippen molar-refractivity contribution in [3.05, 3.63) is 54.4 Å². The Morgan fingerprint density at radius 1 is 1.13 bits per heavy atom. The molecule has 0 bridgehead atoms. The molecule has 0 saturated carbocycles. The monoisotopic (exact) mass is 222 g/mol. The van der Waals surface area contributed by atoms with Gasteiger partial charge in [-0.3, -0.25) is 0 Å². The van der Waals surface area contributed by atoms with Gasteiger partial charge in [-0.25, -0.2) is 8.18 Å². The van der Waals surface area contributed by atoms with E-state index in [1.54, 1.807) is 36.7 Å². The Labute approximate surface area is 89.0 Å². The maximum absolute atomic E-state index is 12.1. The van der Waals surface area contributed by atoms with E-state index in [0.717, 1.165) is 5.56 Å². The molecule has 0 fully saturated rings. The van der Waals surface area contributed by atoms with Crippen LogP contribution < -0.4 is 0 Å². The number of hydrogen-bond donors (Lipinski definition) is 0. The summed E-state index contributed by atoms with van der Waals surface area (Å²) in [6.45, 7) is 1.94. The van der Waals surface area contributed by atoms with Crippen LogP contribution in [0.4, 0.5) is 0 Å². The lowest BCUT2D eigenvalue weighted by Gasteiger charge is -2.00. The zero-order valence-electron chi connectivity index (χ0n) is 8.33. The van der Waals surface area contributed by atoms with Crippen LogP contribution in [0.5, 0.6) is 0 Å². The Kier molecular flexibility index (Phi) is 2.36. The number of hydrogen-bond acceptors (Lipinski definition) is 1. The summed E-state index contributed by atoms with van der Waals surface area (Å²) in [7, 11) is -3.15. The van der Waals surface area contributed by atoms with Crippen LogP contribution in [-0.2, 0) is 10.0 Å². The largest absolute Gasteiger partial charge is 0.402 e. The third kappa shape index (κ3) is 1.80. The Morgan fingerprint density at radius 2 is 1.67 bits per heavy atom. The smallest absolute Gasteiger partial charge is 0.209 e. The van der Waals surface area contributed by atoms with Crippen LogP contribution in [0.3, 0.4) is 0 Å². The number of benzene rings is 1. The van der Waals surface area contributed by atoms with Gasteiger partial charge in [0.2, 0.25) is 0 Å². The fourth-order valence-electron chi connectivity index (χ4n) is 1.32. The summed E-state index contributed by atoms with van der Waals surface area (Å²) in [5, 5.41) is 0. The summed E-state index contributed by atoms with van der Waals surface area (Å²) in [5.74, 6) is 0. The summed E-state index contributed by atoms with van der Waals surface area (Å²) in [6.07, 6.45) is 3.17. The molecule has 1 aromatic heterocycles. The predicted molar refractivity (Wildman–Crippen MR) is 59.4 cm³/mol. The molecule has 1 aromatic carbocycles. The average molecular weight is 222 g/mol. The second-order valence-electron chi connectivity index (χ2n) is 3.35. The first-order valence-corrected chi connectivity index (χ1v) is 6.05. The number of aryl methyl sites for hydroxylation is 1. The van der Waals surface area contributed by atoms with E-state index in [4.69, 9.17) is 0 Å². The molecule has 0 aliphatic carbocycles. The lowest BCUT2D eigenvalue weighted by molar-refractivity contribution is 0.606. The highest BCUT2D eigenvalue weighted by molar-refractivity contribution is 7.90. The summed E-state index contributed by atoms with van der Waals surface area (Å²) >= 11 is 0. The maximum Gasteiger partial charge on any atom is 0.402 e. The predicted octanol–water partition coefficient (Wildman–Crippen LogP) is 2.19. The van der Waals surface area contributed by atoms with E-state index in [-0.39, 0.29) is 0 Å².